The molecule has 0 saturated heterocycles. The predicted molar refractivity (Wildman–Crippen MR) is 105 cm³/mol. The highest BCUT2D eigenvalue weighted by molar-refractivity contribution is 6.01. The first-order valence-corrected chi connectivity index (χ1v) is 8.74. The molecule has 0 bridgehead atoms. The summed E-state index contributed by atoms with van der Waals surface area (Å²) in [5.41, 5.74) is 5.48. The molecule has 5 heteroatoms. The number of carbonyl (C=O) groups excluding carboxylic acids is 2. The number of benzene rings is 2. The molecule has 0 aliphatic heterocycles. The van der Waals surface area contributed by atoms with Crippen LogP contribution in [-0.4, -0.2) is 23.3 Å². The molecule has 2 aromatic carbocycles. The van der Waals surface area contributed by atoms with Crippen molar-refractivity contribution >= 4 is 28.4 Å². The highest BCUT2D eigenvalue weighted by Gasteiger charge is 2.13. The van der Waals surface area contributed by atoms with Crippen molar-refractivity contribution in [3.63, 3.8) is 0 Å². The van der Waals surface area contributed by atoms with Gasteiger partial charge in [-0.1, -0.05) is 31.2 Å². The van der Waals surface area contributed by atoms with Crippen LogP contribution in [0.5, 0.6) is 0 Å². The SMILES string of the molecule is CCc1ccccc1NC(=O)CNC(=O)c1cc2c(C)cc(C)cc2[nH]1. The number of H-pyrrole nitrogens is 1. The van der Waals surface area contributed by atoms with Crippen molar-refractivity contribution in [3.05, 3.63) is 64.8 Å². The van der Waals surface area contributed by atoms with Gasteiger partial charge in [-0.25, -0.2) is 0 Å². The quantitative estimate of drug-likeness (QED) is 0.657. The van der Waals surface area contributed by atoms with Crippen molar-refractivity contribution in [1.82, 2.24) is 10.3 Å². The Morgan fingerprint density at radius 3 is 2.62 bits per heavy atom. The van der Waals surface area contributed by atoms with E-state index in [2.05, 4.69) is 21.7 Å². The third kappa shape index (κ3) is 3.77. The van der Waals surface area contributed by atoms with Crippen LogP contribution < -0.4 is 10.6 Å². The monoisotopic (exact) mass is 349 g/mol. The summed E-state index contributed by atoms with van der Waals surface area (Å²) in [7, 11) is 0. The molecule has 3 rings (SSSR count). The first kappa shape index (κ1) is 17.7. The molecule has 1 heterocycles. The largest absolute Gasteiger partial charge is 0.351 e. The molecule has 0 aliphatic rings. The number of hydrogen-bond donors (Lipinski definition) is 3. The van der Waals surface area contributed by atoms with Gasteiger partial charge >= 0.3 is 0 Å². The number of aromatic nitrogens is 1. The van der Waals surface area contributed by atoms with Gasteiger partial charge in [0, 0.05) is 16.6 Å². The fourth-order valence-electron chi connectivity index (χ4n) is 3.12. The Kier molecular flexibility index (Phi) is 5.07. The number of anilines is 1. The van der Waals surface area contributed by atoms with E-state index in [9.17, 15) is 9.59 Å². The van der Waals surface area contributed by atoms with E-state index in [0.29, 0.717) is 5.69 Å². The highest BCUT2D eigenvalue weighted by atomic mass is 16.2. The Labute approximate surface area is 152 Å². The van der Waals surface area contributed by atoms with E-state index >= 15 is 0 Å². The fraction of sp³-hybridized carbons (Fsp3) is 0.238. The number of rotatable bonds is 5. The minimum atomic E-state index is -0.294. The summed E-state index contributed by atoms with van der Waals surface area (Å²) in [4.78, 5) is 27.6. The van der Waals surface area contributed by atoms with Crippen molar-refractivity contribution in [1.29, 1.82) is 0 Å². The maximum absolute atomic E-state index is 12.4. The van der Waals surface area contributed by atoms with E-state index in [1.54, 1.807) is 0 Å². The van der Waals surface area contributed by atoms with E-state index < -0.39 is 0 Å². The number of nitrogens with one attached hydrogen (secondary N) is 3. The van der Waals surface area contributed by atoms with Crippen LogP contribution in [0, 0.1) is 13.8 Å². The summed E-state index contributed by atoms with van der Waals surface area (Å²) >= 11 is 0. The van der Waals surface area contributed by atoms with Crippen LogP contribution in [0.1, 0.15) is 34.1 Å². The number of fused-ring (bicyclic) bond motifs is 1. The first-order valence-electron chi connectivity index (χ1n) is 8.74. The second kappa shape index (κ2) is 7.44. The van der Waals surface area contributed by atoms with Crippen LogP contribution in [0.3, 0.4) is 0 Å². The topological polar surface area (TPSA) is 74.0 Å². The second-order valence-electron chi connectivity index (χ2n) is 6.47. The summed E-state index contributed by atoms with van der Waals surface area (Å²) in [6.07, 6.45) is 0.830. The van der Waals surface area contributed by atoms with Crippen molar-refractivity contribution in [3.8, 4) is 0 Å². The van der Waals surface area contributed by atoms with Gasteiger partial charge < -0.3 is 15.6 Å². The number of aromatic amines is 1. The maximum atomic E-state index is 12.4. The molecule has 0 aliphatic carbocycles. The Balaban J connectivity index is 1.65. The highest BCUT2D eigenvalue weighted by Crippen LogP contribution is 2.21. The predicted octanol–water partition coefficient (Wildman–Crippen LogP) is 3.72. The third-order valence-corrected chi connectivity index (χ3v) is 4.42. The molecular formula is C21H23N3O2. The number of hydrogen-bond acceptors (Lipinski definition) is 2. The van der Waals surface area contributed by atoms with E-state index in [1.165, 1.54) is 0 Å². The van der Waals surface area contributed by atoms with Gasteiger partial charge in [0.05, 0.1) is 6.54 Å². The molecule has 0 spiro atoms. The van der Waals surface area contributed by atoms with Crippen molar-refractivity contribution < 1.29 is 9.59 Å². The van der Waals surface area contributed by atoms with Crippen molar-refractivity contribution in [2.45, 2.75) is 27.2 Å². The normalized spacial score (nSPS) is 10.7. The third-order valence-electron chi connectivity index (χ3n) is 4.42. The molecule has 0 radical (unpaired) electrons. The fourth-order valence-corrected chi connectivity index (χ4v) is 3.12. The lowest BCUT2D eigenvalue weighted by atomic mass is 10.1. The van der Waals surface area contributed by atoms with Gasteiger partial charge in [-0.2, -0.15) is 0 Å². The maximum Gasteiger partial charge on any atom is 0.268 e. The lowest BCUT2D eigenvalue weighted by Gasteiger charge is -2.10. The van der Waals surface area contributed by atoms with Gasteiger partial charge in [0.25, 0.3) is 5.91 Å². The molecule has 26 heavy (non-hydrogen) atoms. The van der Waals surface area contributed by atoms with Gasteiger partial charge in [0.1, 0.15) is 5.69 Å². The molecule has 1 aromatic heterocycles. The van der Waals surface area contributed by atoms with Crippen molar-refractivity contribution in [2.24, 2.45) is 0 Å². The lowest BCUT2D eigenvalue weighted by Crippen LogP contribution is -2.33. The van der Waals surface area contributed by atoms with E-state index in [-0.39, 0.29) is 18.4 Å². The zero-order valence-corrected chi connectivity index (χ0v) is 15.3. The van der Waals surface area contributed by atoms with Crippen LogP contribution in [0.4, 0.5) is 5.69 Å². The Morgan fingerprint density at radius 2 is 1.85 bits per heavy atom. The van der Waals surface area contributed by atoms with Crippen LogP contribution in [0.25, 0.3) is 10.9 Å². The van der Waals surface area contributed by atoms with E-state index in [1.807, 2.05) is 57.2 Å². The molecule has 2 amide bonds. The van der Waals surface area contributed by atoms with Gasteiger partial charge in [0.2, 0.25) is 5.91 Å². The second-order valence-corrected chi connectivity index (χ2v) is 6.47. The number of carbonyl (C=O) groups is 2. The van der Waals surface area contributed by atoms with Gasteiger partial charge in [-0.3, -0.25) is 9.59 Å². The van der Waals surface area contributed by atoms with Gasteiger partial charge in [-0.05, 0) is 55.2 Å². The van der Waals surface area contributed by atoms with Crippen molar-refractivity contribution in [2.75, 3.05) is 11.9 Å². The molecule has 134 valence electrons. The molecular weight excluding hydrogens is 326 g/mol. The zero-order chi connectivity index (χ0) is 18.7. The minimum absolute atomic E-state index is 0.0791. The Bertz CT molecular complexity index is 973. The van der Waals surface area contributed by atoms with Crippen LogP contribution in [-0.2, 0) is 11.2 Å². The van der Waals surface area contributed by atoms with E-state index in [4.69, 9.17) is 0 Å². The van der Waals surface area contributed by atoms with Gasteiger partial charge in [-0.15, -0.1) is 0 Å². The van der Waals surface area contributed by atoms with Crippen LogP contribution in [0.15, 0.2) is 42.5 Å². The van der Waals surface area contributed by atoms with E-state index in [0.717, 1.165) is 39.7 Å². The summed E-state index contributed by atoms with van der Waals surface area (Å²) in [6, 6.07) is 13.6. The Hall–Kier alpha value is -3.08. The summed E-state index contributed by atoms with van der Waals surface area (Å²) in [5, 5.41) is 6.53. The molecule has 0 fully saturated rings. The summed E-state index contributed by atoms with van der Waals surface area (Å²) in [6.45, 7) is 5.99. The van der Waals surface area contributed by atoms with Gasteiger partial charge in [0.15, 0.2) is 0 Å². The molecule has 3 aromatic rings. The molecule has 3 N–H and O–H groups in total. The number of amides is 2. The summed E-state index contributed by atoms with van der Waals surface area (Å²) in [5.74, 6) is -0.542. The standard InChI is InChI=1S/C21H23N3O2/c1-4-15-7-5-6-8-17(15)24-20(25)12-22-21(26)19-11-16-14(3)9-13(2)10-18(16)23-19/h5-11,23H,4,12H2,1-3H3,(H,22,26)(H,24,25). The molecule has 0 unspecified atom stereocenters. The van der Waals surface area contributed by atoms with Crippen LogP contribution >= 0.6 is 0 Å². The average Bonchev–Trinajstić information content (AvgIpc) is 3.04. The average molecular weight is 349 g/mol. The smallest absolute Gasteiger partial charge is 0.268 e. The number of para-hydroxylation sites is 1. The molecule has 0 saturated carbocycles. The summed E-state index contributed by atoms with van der Waals surface area (Å²) < 4.78 is 0. The lowest BCUT2D eigenvalue weighted by molar-refractivity contribution is -0.115. The minimum Gasteiger partial charge on any atom is -0.351 e. The Morgan fingerprint density at radius 1 is 1.08 bits per heavy atom. The molecule has 5 nitrogen and oxygen atoms in total. The molecule has 0 atom stereocenters. The first-order chi connectivity index (χ1) is 12.5. The zero-order valence-electron chi connectivity index (χ0n) is 15.3. The number of aryl methyl sites for hydroxylation is 3. The van der Waals surface area contributed by atoms with Crippen LogP contribution in [0.2, 0.25) is 0 Å².